The van der Waals surface area contributed by atoms with Gasteiger partial charge in [0.1, 0.15) is 0 Å². The van der Waals surface area contributed by atoms with E-state index in [0.717, 1.165) is 22.9 Å². The zero-order valence-corrected chi connectivity index (χ0v) is 13.7. The first-order chi connectivity index (χ1) is 9.34. The predicted octanol–water partition coefficient (Wildman–Crippen LogP) is 2.71. The minimum atomic E-state index is -3.23. The van der Waals surface area contributed by atoms with Crippen molar-refractivity contribution < 1.29 is 17.9 Å². The van der Waals surface area contributed by atoms with E-state index >= 15 is 0 Å². The van der Waals surface area contributed by atoms with Gasteiger partial charge in [0.2, 0.25) is 0 Å². The fourth-order valence-corrected chi connectivity index (χ4v) is 4.89. The molecule has 20 heavy (non-hydrogen) atoms. The number of rotatable bonds is 6. The van der Waals surface area contributed by atoms with E-state index < -0.39 is 15.3 Å². The lowest BCUT2D eigenvalue weighted by Crippen LogP contribution is -2.22. The van der Waals surface area contributed by atoms with Crippen LogP contribution in [0.5, 0.6) is 0 Å². The molecule has 0 saturated heterocycles. The van der Waals surface area contributed by atoms with Crippen LogP contribution < -0.4 is 0 Å². The monoisotopic (exact) mass is 360 g/mol. The van der Waals surface area contributed by atoms with Gasteiger partial charge in [-0.1, -0.05) is 28.1 Å². The van der Waals surface area contributed by atoms with Gasteiger partial charge in [0, 0.05) is 4.47 Å². The Labute approximate surface area is 127 Å². The Hall–Kier alpha value is -0.880. The summed E-state index contributed by atoms with van der Waals surface area (Å²) in [6.45, 7) is 0. The highest BCUT2D eigenvalue weighted by atomic mass is 79.9. The topological polar surface area (TPSA) is 60.4 Å². The average Bonchev–Trinajstić information content (AvgIpc) is 3.06. The summed E-state index contributed by atoms with van der Waals surface area (Å²) in [6.07, 6.45) is 1.75. The van der Waals surface area contributed by atoms with E-state index in [9.17, 15) is 13.2 Å². The van der Waals surface area contributed by atoms with Crippen LogP contribution in [0.3, 0.4) is 0 Å². The van der Waals surface area contributed by atoms with E-state index in [1.807, 2.05) is 12.1 Å². The van der Waals surface area contributed by atoms with Crippen LogP contribution in [-0.4, -0.2) is 27.2 Å². The molecule has 0 heterocycles. The number of esters is 1. The lowest BCUT2D eigenvalue weighted by Gasteiger charge is -2.14. The number of halogens is 1. The van der Waals surface area contributed by atoms with Crippen LogP contribution in [-0.2, 0) is 25.1 Å². The first-order valence-electron chi connectivity index (χ1n) is 6.36. The number of carbonyl (C=O) groups excluding carboxylic acids is 1. The summed E-state index contributed by atoms with van der Waals surface area (Å²) in [4.78, 5) is 11.3. The lowest BCUT2D eigenvalue weighted by molar-refractivity contribution is -0.141. The molecule has 1 fully saturated rings. The van der Waals surface area contributed by atoms with E-state index in [1.54, 1.807) is 12.1 Å². The lowest BCUT2D eigenvalue weighted by atomic mass is 10.1. The van der Waals surface area contributed by atoms with Crippen molar-refractivity contribution in [1.82, 2.24) is 0 Å². The first-order valence-corrected chi connectivity index (χ1v) is 8.97. The number of ether oxygens (including phenoxy) is 1. The molecule has 0 aromatic heterocycles. The Kier molecular flexibility index (Phi) is 4.54. The van der Waals surface area contributed by atoms with Gasteiger partial charge >= 0.3 is 5.97 Å². The van der Waals surface area contributed by atoms with Gasteiger partial charge in [-0.25, -0.2) is 8.42 Å². The van der Waals surface area contributed by atoms with Gasteiger partial charge in [0.15, 0.2) is 9.84 Å². The summed E-state index contributed by atoms with van der Waals surface area (Å²) in [6, 6.07) is 7.27. The second kappa shape index (κ2) is 5.85. The van der Waals surface area contributed by atoms with E-state index in [2.05, 4.69) is 20.7 Å². The molecule has 1 saturated carbocycles. The third kappa shape index (κ3) is 4.31. The number of benzene rings is 1. The van der Waals surface area contributed by atoms with Crippen molar-refractivity contribution in [2.24, 2.45) is 5.41 Å². The highest BCUT2D eigenvalue weighted by Crippen LogP contribution is 2.50. The van der Waals surface area contributed by atoms with Crippen molar-refractivity contribution in [3.8, 4) is 0 Å². The molecule has 0 N–H and O–H groups in total. The van der Waals surface area contributed by atoms with Crippen LogP contribution in [0, 0.1) is 5.41 Å². The molecule has 0 atom stereocenters. The second-order valence-electron chi connectivity index (χ2n) is 5.42. The van der Waals surface area contributed by atoms with Gasteiger partial charge in [-0.15, -0.1) is 0 Å². The third-order valence-corrected chi connectivity index (χ3v) is 5.82. The van der Waals surface area contributed by atoms with E-state index in [0.29, 0.717) is 0 Å². The Morgan fingerprint density at radius 3 is 2.65 bits per heavy atom. The van der Waals surface area contributed by atoms with Gasteiger partial charge in [-0.2, -0.15) is 0 Å². The van der Waals surface area contributed by atoms with Crippen LogP contribution in [0.1, 0.15) is 24.8 Å². The van der Waals surface area contributed by atoms with Crippen molar-refractivity contribution in [1.29, 1.82) is 0 Å². The number of sulfone groups is 1. The SMILES string of the molecule is COC(=O)CC1(CS(=O)(=O)Cc2cccc(Br)c2)CC1. The second-order valence-corrected chi connectivity index (χ2v) is 8.40. The van der Waals surface area contributed by atoms with Crippen LogP contribution in [0.25, 0.3) is 0 Å². The van der Waals surface area contributed by atoms with Crippen molar-refractivity contribution >= 4 is 31.7 Å². The van der Waals surface area contributed by atoms with Crippen molar-refractivity contribution in [3.05, 3.63) is 34.3 Å². The maximum Gasteiger partial charge on any atom is 0.306 e. The summed E-state index contributed by atoms with van der Waals surface area (Å²) in [7, 11) is -1.90. The van der Waals surface area contributed by atoms with Crippen molar-refractivity contribution in [2.75, 3.05) is 12.9 Å². The normalized spacial score (nSPS) is 16.7. The molecule has 0 aliphatic heterocycles. The fourth-order valence-electron chi connectivity index (χ4n) is 2.33. The maximum absolute atomic E-state index is 12.3. The number of hydrogen-bond donors (Lipinski definition) is 0. The van der Waals surface area contributed by atoms with Gasteiger partial charge in [0.25, 0.3) is 0 Å². The molecule has 2 rings (SSSR count). The molecule has 0 unspecified atom stereocenters. The zero-order chi connectivity index (χ0) is 14.8. The molecule has 0 bridgehead atoms. The Morgan fingerprint density at radius 1 is 1.40 bits per heavy atom. The fraction of sp³-hybridized carbons (Fsp3) is 0.500. The van der Waals surface area contributed by atoms with Gasteiger partial charge in [-0.3, -0.25) is 4.79 Å². The number of methoxy groups -OCH3 is 1. The van der Waals surface area contributed by atoms with Crippen LogP contribution in [0.15, 0.2) is 28.7 Å². The summed E-state index contributed by atoms with van der Waals surface area (Å²) in [5, 5.41) is 0. The Bertz CT molecular complexity index is 605. The largest absolute Gasteiger partial charge is 0.469 e. The summed E-state index contributed by atoms with van der Waals surface area (Å²) in [5.74, 6) is -0.267. The molecule has 6 heteroatoms. The first kappa shape index (κ1) is 15.5. The molecule has 0 amide bonds. The van der Waals surface area contributed by atoms with Crippen LogP contribution in [0.2, 0.25) is 0 Å². The molecule has 1 aliphatic carbocycles. The molecule has 1 aliphatic rings. The molecule has 4 nitrogen and oxygen atoms in total. The average molecular weight is 361 g/mol. The number of hydrogen-bond acceptors (Lipinski definition) is 4. The van der Waals surface area contributed by atoms with E-state index in [-0.39, 0.29) is 23.9 Å². The third-order valence-electron chi connectivity index (χ3n) is 3.51. The molecule has 1 aromatic rings. The molecule has 0 radical (unpaired) electrons. The molecule has 1 aromatic carbocycles. The Balaban J connectivity index is 2.03. The van der Waals surface area contributed by atoms with Crippen molar-refractivity contribution in [3.63, 3.8) is 0 Å². The van der Waals surface area contributed by atoms with E-state index in [1.165, 1.54) is 7.11 Å². The number of carbonyl (C=O) groups is 1. The van der Waals surface area contributed by atoms with Crippen LogP contribution in [0.4, 0.5) is 0 Å². The highest BCUT2D eigenvalue weighted by Gasteiger charge is 2.47. The summed E-state index contributed by atoms with van der Waals surface area (Å²) < 4.78 is 30.0. The summed E-state index contributed by atoms with van der Waals surface area (Å²) >= 11 is 3.33. The summed E-state index contributed by atoms with van der Waals surface area (Å²) in [5.41, 5.74) is 0.367. The molecular weight excluding hydrogens is 344 g/mol. The maximum atomic E-state index is 12.3. The van der Waals surface area contributed by atoms with Crippen LogP contribution >= 0.6 is 15.9 Å². The minimum Gasteiger partial charge on any atom is -0.469 e. The highest BCUT2D eigenvalue weighted by molar-refractivity contribution is 9.10. The molecule has 110 valence electrons. The van der Waals surface area contributed by atoms with E-state index in [4.69, 9.17) is 0 Å². The van der Waals surface area contributed by atoms with Crippen molar-refractivity contribution in [2.45, 2.75) is 25.0 Å². The molecule has 0 spiro atoms. The standard InChI is InChI=1S/C14H17BrO4S/c1-19-13(16)8-14(5-6-14)10-20(17,18)9-11-3-2-4-12(15)7-11/h2-4,7H,5-6,8-10H2,1H3. The minimum absolute atomic E-state index is 0.00929. The smallest absolute Gasteiger partial charge is 0.306 e. The van der Waals surface area contributed by atoms with Gasteiger partial charge < -0.3 is 4.74 Å². The zero-order valence-electron chi connectivity index (χ0n) is 11.3. The van der Waals surface area contributed by atoms with Gasteiger partial charge in [-0.05, 0) is 36.0 Å². The predicted molar refractivity (Wildman–Crippen MR) is 79.9 cm³/mol. The molecular formula is C14H17BrO4S. The Morgan fingerprint density at radius 2 is 2.10 bits per heavy atom. The quantitative estimate of drug-likeness (QED) is 0.731. The van der Waals surface area contributed by atoms with Gasteiger partial charge in [0.05, 0.1) is 25.0 Å².